The molecule has 1 aromatic heterocycles. The van der Waals surface area contributed by atoms with Crippen molar-refractivity contribution in [2.24, 2.45) is 0 Å². The number of nitrogens with zero attached hydrogens (tertiary/aromatic N) is 4. The van der Waals surface area contributed by atoms with Crippen LogP contribution in [0.15, 0.2) is 18.3 Å². The zero-order valence-electron chi connectivity index (χ0n) is 16.5. The molecule has 0 spiro atoms. The number of carbonyl (C=O) groups excluding carboxylic acids is 1. The molecule has 1 aromatic rings. The van der Waals surface area contributed by atoms with Crippen molar-refractivity contribution in [3.63, 3.8) is 0 Å². The molecule has 0 aliphatic carbocycles. The molecule has 1 N–H and O–H groups in total. The monoisotopic (exact) mass is 376 g/mol. The third-order valence-electron chi connectivity index (χ3n) is 5.73. The Morgan fingerprint density at radius 3 is 2.78 bits per heavy atom. The van der Waals surface area contributed by atoms with E-state index in [-0.39, 0.29) is 18.6 Å². The van der Waals surface area contributed by atoms with Gasteiger partial charge in [-0.05, 0) is 58.5 Å². The number of hydrogen-bond acceptors (Lipinski definition) is 7. The van der Waals surface area contributed by atoms with E-state index in [0.717, 1.165) is 39.1 Å². The molecule has 3 heterocycles. The largest absolute Gasteiger partial charge is 0.462 e. The molecule has 2 aliphatic rings. The Bertz CT molecular complexity index is 619. The van der Waals surface area contributed by atoms with E-state index in [2.05, 4.69) is 26.7 Å². The number of likely N-dealkylation sites (tertiary alicyclic amines) is 1. The van der Waals surface area contributed by atoms with E-state index in [9.17, 15) is 9.90 Å². The number of piperidine rings is 1. The first-order valence-electron chi connectivity index (χ1n) is 10.1. The van der Waals surface area contributed by atoms with Crippen LogP contribution < -0.4 is 4.90 Å². The minimum Gasteiger partial charge on any atom is -0.462 e. The third kappa shape index (κ3) is 4.78. The van der Waals surface area contributed by atoms with E-state index in [1.54, 1.807) is 18.3 Å². The SMILES string of the molecule is CCOC(=O)c1cccnc1N1CCN(C2CCN(C)CC2)[C@H](CCO)C1. The molecule has 0 radical (unpaired) electrons. The van der Waals surface area contributed by atoms with Crippen LogP contribution in [0.2, 0.25) is 0 Å². The van der Waals surface area contributed by atoms with Crippen LogP contribution in [0, 0.1) is 0 Å². The number of hydrogen-bond donors (Lipinski definition) is 1. The summed E-state index contributed by atoms with van der Waals surface area (Å²) >= 11 is 0. The highest BCUT2D eigenvalue weighted by Gasteiger charge is 2.34. The number of esters is 1. The smallest absolute Gasteiger partial charge is 0.341 e. The Morgan fingerprint density at radius 2 is 2.07 bits per heavy atom. The fourth-order valence-corrected chi connectivity index (χ4v) is 4.29. The van der Waals surface area contributed by atoms with Crippen molar-refractivity contribution in [1.29, 1.82) is 0 Å². The maximum Gasteiger partial charge on any atom is 0.341 e. The van der Waals surface area contributed by atoms with Gasteiger partial charge in [0, 0.05) is 44.5 Å². The van der Waals surface area contributed by atoms with E-state index in [0.29, 0.717) is 24.0 Å². The maximum atomic E-state index is 12.3. The number of pyridine rings is 1. The summed E-state index contributed by atoms with van der Waals surface area (Å²) in [5, 5.41) is 9.60. The Morgan fingerprint density at radius 1 is 1.30 bits per heavy atom. The Hall–Kier alpha value is -1.70. The zero-order chi connectivity index (χ0) is 19.2. The molecule has 2 aliphatic heterocycles. The fourth-order valence-electron chi connectivity index (χ4n) is 4.29. The number of aromatic nitrogens is 1. The van der Waals surface area contributed by atoms with Crippen LogP contribution in [0.3, 0.4) is 0 Å². The highest BCUT2D eigenvalue weighted by atomic mass is 16.5. The first-order chi connectivity index (χ1) is 13.1. The lowest BCUT2D eigenvalue weighted by Crippen LogP contribution is -2.58. The van der Waals surface area contributed by atoms with Crippen LogP contribution in [0.1, 0.15) is 36.5 Å². The molecule has 0 bridgehead atoms. The van der Waals surface area contributed by atoms with Crippen molar-refractivity contribution in [2.75, 3.05) is 57.9 Å². The van der Waals surface area contributed by atoms with Gasteiger partial charge in [0.1, 0.15) is 11.4 Å². The lowest BCUT2D eigenvalue weighted by Gasteiger charge is -2.47. The number of rotatable bonds is 6. The van der Waals surface area contributed by atoms with Crippen molar-refractivity contribution in [2.45, 2.75) is 38.3 Å². The summed E-state index contributed by atoms with van der Waals surface area (Å²) in [6.45, 7) is 7.13. The number of anilines is 1. The van der Waals surface area contributed by atoms with Crippen LogP contribution in [-0.2, 0) is 4.74 Å². The predicted molar refractivity (Wildman–Crippen MR) is 105 cm³/mol. The first kappa shape index (κ1) is 20.0. The van der Waals surface area contributed by atoms with Crippen LogP contribution >= 0.6 is 0 Å². The van der Waals surface area contributed by atoms with E-state index < -0.39 is 0 Å². The minimum atomic E-state index is -0.322. The third-order valence-corrected chi connectivity index (χ3v) is 5.73. The first-order valence-corrected chi connectivity index (χ1v) is 10.1. The van der Waals surface area contributed by atoms with Gasteiger partial charge in [0.2, 0.25) is 0 Å². The van der Waals surface area contributed by atoms with Gasteiger partial charge < -0.3 is 19.6 Å². The van der Waals surface area contributed by atoms with Crippen molar-refractivity contribution in [1.82, 2.24) is 14.8 Å². The summed E-state index contributed by atoms with van der Waals surface area (Å²) in [6.07, 6.45) is 4.82. The molecular formula is C20H32N4O3. The summed E-state index contributed by atoms with van der Waals surface area (Å²) in [5.41, 5.74) is 0.523. The summed E-state index contributed by atoms with van der Waals surface area (Å²) in [7, 11) is 2.18. The van der Waals surface area contributed by atoms with Crippen molar-refractivity contribution in [3.8, 4) is 0 Å². The van der Waals surface area contributed by atoms with Crippen LogP contribution in [0.4, 0.5) is 5.82 Å². The molecule has 2 fully saturated rings. The fraction of sp³-hybridized carbons (Fsp3) is 0.700. The van der Waals surface area contributed by atoms with Crippen molar-refractivity contribution >= 4 is 11.8 Å². The summed E-state index contributed by atoms with van der Waals surface area (Å²) in [6, 6.07) is 4.41. The Balaban J connectivity index is 1.74. The van der Waals surface area contributed by atoms with Gasteiger partial charge in [-0.1, -0.05) is 0 Å². The molecule has 7 heteroatoms. The summed E-state index contributed by atoms with van der Waals surface area (Å²) < 4.78 is 5.20. The second-order valence-corrected chi connectivity index (χ2v) is 7.48. The molecule has 0 unspecified atom stereocenters. The van der Waals surface area contributed by atoms with Gasteiger partial charge in [0.05, 0.1) is 6.61 Å². The molecule has 0 aromatic carbocycles. The van der Waals surface area contributed by atoms with Gasteiger partial charge in [0.15, 0.2) is 0 Å². The molecule has 150 valence electrons. The number of piperazine rings is 1. The zero-order valence-corrected chi connectivity index (χ0v) is 16.5. The van der Waals surface area contributed by atoms with E-state index >= 15 is 0 Å². The van der Waals surface area contributed by atoms with Gasteiger partial charge in [0.25, 0.3) is 0 Å². The molecule has 27 heavy (non-hydrogen) atoms. The number of ether oxygens (including phenoxy) is 1. The molecule has 2 saturated heterocycles. The standard InChI is InChI=1S/C20H32N4O3/c1-3-27-20(26)18-5-4-9-21-19(18)23-12-13-24(17(15-23)8-14-25)16-6-10-22(2)11-7-16/h4-5,9,16-17,25H,3,6-8,10-15H2,1-2H3/t17-/m1/s1. The molecule has 1 atom stereocenters. The Labute approximate surface area is 161 Å². The van der Waals surface area contributed by atoms with Crippen LogP contribution in [0.5, 0.6) is 0 Å². The van der Waals surface area contributed by atoms with Gasteiger partial charge in [-0.2, -0.15) is 0 Å². The number of aliphatic hydroxyl groups is 1. The predicted octanol–water partition coefficient (Wildman–Crippen LogP) is 1.23. The highest BCUT2D eigenvalue weighted by molar-refractivity contribution is 5.94. The summed E-state index contributed by atoms with van der Waals surface area (Å²) in [5.74, 6) is 0.374. The summed E-state index contributed by atoms with van der Waals surface area (Å²) in [4.78, 5) is 23.9. The molecule has 0 amide bonds. The Kier molecular flexibility index (Phi) is 7.04. The second kappa shape index (κ2) is 9.48. The lowest BCUT2D eigenvalue weighted by molar-refractivity contribution is 0.0520. The van der Waals surface area contributed by atoms with Crippen LogP contribution in [0.25, 0.3) is 0 Å². The van der Waals surface area contributed by atoms with E-state index in [1.165, 1.54) is 12.8 Å². The van der Waals surface area contributed by atoms with Gasteiger partial charge >= 0.3 is 5.97 Å². The molecule has 0 saturated carbocycles. The van der Waals surface area contributed by atoms with Crippen molar-refractivity contribution in [3.05, 3.63) is 23.9 Å². The van der Waals surface area contributed by atoms with E-state index in [1.807, 2.05) is 6.92 Å². The normalized spacial score (nSPS) is 22.8. The highest BCUT2D eigenvalue weighted by Crippen LogP contribution is 2.27. The topological polar surface area (TPSA) is 69.1 Å². The quantitative estimate of drug-likeness (QED) is 0.749. The second-order valence-electron chi connectivity index (χ2n) is 7.48. The number of aliphatic hydroxyl groups excluding tert-OH is 1. The lowest BCUT2D eigenvalue weighted by atomic mass is 9.98. The van der Waals surface area contributed by atoms with Crippen LogP contribution in [-0.4, -0.2) is 90.9 Å². The van der Waals surface area contributed by atoms with Gasteiger partial charge in [-0.25, -0.2) is 9.78 Å². The molecular weight excluding hydrogens is 344 g/mol. The van der Waals surface area contributed by atoms with E-state index in [4.69, 9.17) is 4.74 Å². The van der Waals surface area contributed by atoms with Gasteiger partial charge in [-0.3, -0.25) is 4.90 Å². The van der Waals surface area contributed by atoms with Gasteiger partial charge in [-0.15, -0.1) is 0 Å². The molecule has 7 nitrogen and oxygen atoms in total. The minimum absolute atomic E-state index is 0.175. The average molecular weight is 377 g/mol. The molecule has 3 rings (SSSR count). The average Bonchev–Trinajstić information content (AvgIpc) is 2.69. The van der Waals surface area contributed by atoms with Crippen molar-refractivity contribution < 1.29 is 14.6 Å². The number of carbonyl (C=O) groups is 1. The maximum absolute atomic E-state index is 12.3.